The number of nitrogens with zero attached hydrogens (tertiary/aromatic N) is 2. The molecule has 0 saturated carbocycles. The summed E-state index contributed by atoms with van der Waals surface area (Å²) in [6.07, 6.45) is 1.25. The smallest absolute Gasteiger partial charge is 0.228 e. The summed E-state index contributed by atoms with van der Waals surface area (Å²) in [5.41, 5.74) is 2.22. The molecule has 0 aromatic heterocycles. The van der Waals surface area contributed by atoms with Crippen LogP contribution >= 0.6 is 0 Å². The highest BCUT2D eigenvalue weighted by Crippen LogP contribution is 2.27. The van der Waals surface area contributed by atoms with Crippen LogP contribution in [0, 0.1) is 0 Å². The number of ether oxygens (including phenoxy) is 1. The first kappa shape index (κ1) is 15.5. The highest BCUT2D eigenvalue weighted by Gasteiger charge is 2.24. The molecule has 0 spiro atoms. The molecule has 21 heavy (non-hydrogen) atoms. The number of methoxy groups -OCH3 is 1. The Hall–Kier alpha value is -1.88. The van der Waals surface area contributed by atoms with E-state index < -0.39 is 0 Å². The largest absolute Gasteiger partial charge is 0.383 e. The van der Waals surface area contributed by atoms with E-state index in [1.165, 1.54) is 12.5 Å². The minimum Gasteiger partial charge on any atom is -0.383 e. The van der Waals surface area contributed by atoms with E-state index in [0.29, 0.717) is 26.1 Å². The van der Waals surface area contributed by atoms with Gasteiger partial charge in [0.1, 0.15) is 0 Å². The highest BCUT2D eigenvalue weighted by molar-refractivity contribution is 5.95. The van der Waals surface area contributed by atoms with Crippen LogP contribution in [0.4, 0.5) is 5.69 Å². The van der Waals surface area contributed by atoms with Crippen LogP contribution in [0.15, 0.2) is 24.3 Å². The molecule has 0 bridgehead atoms. The average molecular weight is 290 g/mol. The number of carbonyl (C=O) groups excluding carboxylic acids is 2. The van der Waals surface area contributed by atoms with Crippen LogP contribution in [0.5, 0.6) is 0 Å². The number of benzene rings is 1. The molecule has 1 aromatic carbocycles. The Kier molecular flexibility index (Phi) is 5.33. The van der Waals surface area contributed by atoms with Crippen LogP contribution in [0.25, 0.3) is 0 Å². The summed E-state index contributed by atoms with van der Waals surface area (Å²) >= 11 is 0. The molecule has 0 aliphatic carbocycles. The molecule has 1 aliphatic heterocycles. The predicted molar refractivity (Wildman–Crippen MR) is 81.2 cm³/mol. The molecule has 1 aromatic rings. The van der Waals surface area contributed by atoms with E-state index in [2.05, 4.69) is 6.07 Å². The lowest BCUT2D eigenvalue weighted by Crippen LogP contribution is -2.37. The van der Waals surface area contributed by atoms with Crippen molar-refractivity contribution in [3.8, 4) is 0 Å². The maximum absolute atomic E-state index is 12.4. The van der Waals surface area contributed by atoms with Crippen LogP contribution in [-0.4, -0.2) is 50.1 Å². The number of amides is 2. The number of para-hydroxylation sites is 1. The van der Waals surface area contributed by atoms with Gasteiger partial charge in [0.05, 0.1) is 6.61 Å². The summed E-state index contributed by atoms with van der Waals surface area (Å²) in [6, 6.07) is 7.98. The zero-order valence-corrected chi connectivity index (χ0v) is 12.7. The number of rotatable bonds is 6. The van der Waals surface area contributed by atoms with Crippen LogP contribution in [0.1, 0.15) is 18.9 Å². The molecule has 0 radical (unpaired) electrons. The minimum absolute atomic E-state index is 0.0262. The molecule has 5 nitrogen and oxygen atoms in total. The van der Waals surface area contributed by atoms with E-state index in [4.69, 9.17) is 4.74 Å². The zero-order chi connectivity index (χ0) is 15.2. The van der Waals surface area contributed by atoms with E-state index in [0.717, 1.165) is 18.7 Å². The van der Waals surface area contributed by atoms with Gasteiger partial charge in [-0.05, 0) is 18.1 Å². The third-order valence-electron chi connectivity index (χ3n) is 3.79. The fourth-order valence-electron chi connectivity index (χ4n) is 2.59. The van der Waals surface area contributed by atoms with E-state index >= 15 is 0 Å². The van der Waals surface area contributed by atoms with E-state index in [1.54, 1.807) is 12.0 Å². The first-order valence-electron chi connectivity index (χ1n) is 7.26. The van der Waals surface area contributed by atoms with Crippen LogP contribution < -0.4 is 4.90 Å². The Bertz CT molecular complexity index is 516. The van der Waals surface area contributed by atoms with E-state index in [1.807, 2.05) is 23.1 Å². The number of carbonyl (C=O) groups is 2. The summed E-state index contributed by atoms with van der Waals surface area (Å²) in [4.78, 5) is 27.4. The second-order valence-corrected chi connectivity index (χ2v) is 5.17. The van der Waals surface area contributed by atoms with Gasteiger partial charge in [0.25, 0.3) is 0 Å². The molecular formula is C16H22N2O3. The lowest BCUT2D eigenvalue weighted by Gasteiger charge is -2.22. The Morgan fingerprint density at radius 3 is 2.76 bits per heavy atom. The van der Waals surface area contributed by atoms with Gasteiger partial charge in [0, 0.05) is 45.8 Å². The van der Waals surface area contributed by atoms with Gasteiger partial charge in [-0.2, -0.15) is 0 Å². The molecule has 2 rings (SSSR count). The summed E-state index contributed by atoms with van der Waals surface area (Å²) in [6.45, 7) is 3.70. The molecule has 0 atom stereocenters. The minimum atomic E-state index is -0.0262. The first-order valence-corrected chi connectivity index (χ1v) is 7.26. The first-order chi connectivity index (χ1) is 10.1. The maximum Gasteiger partial charge on any atom is 0.228 e. The van der Waals surface area contributed by atoms with Crippen molar-refractivity contribution in [2.45, 2.75) is 19.8 Å². The third kappa shape index (κ3) is 3.82. The molecule has 0 fully saturated rings. The van der Waals surface area contributed by atoms with Crippen molar-refractivity contribution in [1.29, 1.82) is 0 Å². The standard InChI is InChI=1S/C16H22N2O3/c1-13(19)17(11-12-21-2)9-8-16(20)18-10-7-14-5-3-4-6-15(14)18/h3-6H,7-12H2,1-2H3. The Morgan fingerprint density at radius 1 is 1.29 bits per heavy atom. The third-order valence-corrected chi connectivity index (χ3v) is 3.79. The van der Waals surface area contributed by atoms with E-state index in [9.17, 15) is 9.59 Å². The Labute approximate surface area is 125 Å². The fraction of sp³-hybridized carbons (Fsp3) is 0.500. The Morgan fingerprint density at radius 2 is 2.05 bits per heavy atom. The van der Waals surface area contributed by atoms with Gasteiger partial charge in [-0.25, -0.2) is 0 Å². The monoisotopic (exact) mass is 290 g/mol. The highest BCUT2D eigenvalue weighted by atomic mass is 16.5. The quantitative estimate of drug-likeness (QED) is 0.797. The molecule has 0 N–H and O–H groups in total. The molecule has 114 valence electrons. The lowest BCUT2D eigenvalue weighted by atomic mass is 10.2. The molecule has 0 saturated heterocycles. The van der Waals surface area contributed by atoms with Gasteiger partial charge in [-0.1, -0.05) is 18.2 Å². The van der Waals surface area contributed by atoms with Crippen molar-refractivity contribution < 1.29 is 14.3 Å². The van der Waals surface area contributed by atoms with Gasteiger partial charge < -0.3 is 14.5 Å². The predicted octanol–water partition coefficient (Wildman–Crippen LogP) is 1.46. The van der Waals surface area contributed by atoms with Crippen molar-refractivity contribution >= 4 is 17.5 Å². The number of hydrogen-bond acceptors (Lipinski definition) is 3. The molecular weight excluding hydrogens is 268 g/mol. The van der Waals surface area contributed by atoms with Gasteiger partial charge in [0.2, 0.25) is 11.8 Å². The van der Waals surface area contributed by atoms with Crippen molar-refractivity contribution in [2.75, 3.05) is 38.3 Å². The van der Waals surface area contributed by atoms with Crippen molar-refractivity contribution in [2.24, 2.45) is 0 Å². The normalized spacial score (nSPS) is 13.1. The van der Waals surface area contributed by atoms with Gasteiger partial charge in [-0.3, -0.25) is 9.59 Å². The van der Waals surface area contributed by atoms with E-state index in [-0.39, 0.29) is 11.8 Å². The fourth-order valence-corrected chi connectivity index (χ4v) is 2.59. The van der Waals surface area contributed by atoms with Crippen LogP contribution in [0.3, 0.4) is 0 Å². The van der Waals surface area contributed by atoms with Gasteiger partial charge in [0.15, 0.2) is 0 Å². The average Bonchev–Trinajstić information content (AvgIpc) is 2.90. The van der Waals surface area contributed by atoms with Crippen molar-refractivity contribution in [3.63, 3.8) is 0 Å². The van der Waals surface area contributed by atoms with Crippen molar-refractivity contribution in [1.82, 2.24) is 4.90 Å². The molecule has 5 heteroatoms. The molecule has 1 heterocycles. The summed E-state index contributed by atoms with van der Waals surface area (Å²) in [5.74, 6) is 0.0466. The SMILES string of the molecule is COCCN(CCC(=O)N1CCc2ccccc21)C(C)=O. The zero-order valence-electron chi connectivity index (χ0n) is 12.7. The summed E-state index contributed by atoms with van der Waals surface area (Å²) in [7, 11) is 1.60. The lowest BCUT2D eigenvalue weighted by molar-refractivity contribution is -0.130. The summed E-state index contributed by atoms with van der Waals surface area (Å²) in [5, 5.41) is 0. The molecule has 2 amide bonds. The van der Waals surface area contributed by atoms with Gasteiger partial charge in [-0.15, -0.1) is 0 Å². The maximum atomic E-state index is 12.4. The Balaban J connectivity index is 1.91. The van der Waals surface area contributed by atoms with Crippen LogP contribution in [-0.2, 0) is 20.7 Å². The number of hydrogen-bond donors (Lipinski definition) is 0. The molecule has 1 aliphatic rings. The van der Waals surface area contributed by atoms with Crippen molar-refractivity contribution in [3.05, 3.63) is 29.8 Å². The van der Waals surface area contributed by atoms with Crippen LogP contribution in [0.2, 0.25) is 0 Å². The topological polar surface area (TPSA) is 49.9 Å². The van der Waals surface area contributed by atoms with Gasteiger partial charge >= 0.3 is 0 Å². The number of fused-ring (bicyclic) bond motifs is 1. The summed E-state index contributed by atoms with van der Waals surface area (Å²) < 4.78 is 4.99. The second-order valence-electron chi connectivity index (χ2n) is 5.17. The second kappa shape index (κ2) is 7.22. The molecule has 0 unspecified atom stereocenters. The number of anilines is 1.